The topological polar surface area (TPSA) is 91.4 Å². The van der Waals surface area contributed by atoms with Crippen LogP contribution in [0.15, 0.2) is 18.5 Å². The first kappa shape index (κ1) is 13.8. The van der Waals surface area contributed by atoms with Crippen LogP contribution < -0.4 is 10.6 Å². The van der Waals surface area contributed by atoms with Gasteiger partial charge in [-0.1, -0.05) is 11.6 Å². The summed E-state index contributed by atoms with van der Waals surface area (Å²) < 4.78 is 0. The lowest BCUT2D eigenvalue weighted by Crippen LogP contribution is -2.55. The largest absolute Gasteiger partial charge is 0.338 e. The summed E-state index contributed by atoms with van der Waals surface area (Å²) in [5.74, 6) is -0.535. The zero-order valence-corrected chi connectivity index (χ0v) is 11.8. The van der Waals surface area contributed by atoms with Gasteiger partial charge in [0, 0.05) is 25.5 Å². The number of halogens is 1. The average Bonchev–Trinajstić information content (AvgIpc) is 2.74. The van der Waals surface area contributed by atoms with Crippen LogP contribution in [-0.2, 0) is 4.79 Å². The third-order valence-corrected chi connectivity index (χ3v) is 4.25. The number of urea groups is 1. The van der Waals surface area contributed by atoms with E-state index in [1.54, 1.807) is 11.0 Å². The van der Waals surface area contributed by atoms with Crippen molar-refractivity contribution in [3.05, 3.63) is 29.0 Å². The van der Waals surface area contributed by atoms with Gasteiger partial charge in [0.25, 0.3) is 11.8 Å². The van der Waals surface area contributed by atoms with Crippen LogP contribution in [0.1, 0.15) is 23.2 Å². The highest BCUT2D eigenvalue weighted by molar-refractivity contribution is 6.33. The van der Waals surface area contributed by atoms with Crippen LogP contribution in [0.25, 0.3) is 0 Å². The number of aromatic nitrogens is 1. The fraction of sp³-hybridized carbons (Fsp3) is 0.385. The number of imide groups is 1. The Morgan fingerprint density at radius 2 is 2.05 bits per heavy atom. The Bertz CT molecular complexity index is 626. The molecule has 0 saturated carbocycles. The van der Waals surface area contributed by atoms with Crippen molar-refractivity contribution in [1.29, 1.82) is 0 Å². The summed E-state index contributed by atoms with van der Waals surface area (Å²) in [5.41, 5.74) is -0.540. The van der Waals surface area contributed by atoms with Gasteiger partial charge in [0.15, 0.2) is 0 Å². The fourth-order valence-corrected chi connectivity index (χ4v) is 2.86. The summed E-state index contributed by atoms with van der Waals surface area (Å²) in [6.45, 7) is 0.746. The molecular weight excluding hydrogens is 296 g/mol. The maximum Gasteiger partial charge on any atom is 0.322 e. The van der Waals surface area contributed by atoms with E-state index in [-0.39, 0.29) is 11.8 Å². The molecule has 3 rings (SSSR count). The first-order valence-corrected chi connectivity index (χ1v) is 6.92. The number of likely N-dealkylation sites (tertiary alicyclic amines) is 1. The number of nitrogens with zero attached hydrogens (tertiary/aromatic N) is 2. The van der Waals surface area contributed by atoms with Crippen molar-refractivity contribution in [2.24, 2.45) is 0 Å². The number of carbonyl (C=O) groups is 3. The van der Waals surface area contributed by atoms with Gasteiger partial charge in [-0.3, -0.25) is 19.9 Å². The van der Waals surface area contributed by atoms with Gasteiger partial charge in [-0.15, -0.1) is 0 Å². The summed E-state index contributed by atoms with van der Waals surface area (Å²) in [6.07, 6.45) is 3.71. The second-order valence-electron chi connectivity index (χ2n) is 5.14. The highest BCUT2D eigenvalue weighted by atomic mass is 35.5. The number of hydrogen-bond acceptors (Lipinski definition) is 4. The van der Waals surface area contributed by atoms with E-state index in [4.69, 9.17) is 11.6 Å². The van der Waals surface area contributed by atoms with E-state index in [9.17, 15) is 14.4 Å². The van der Waals surface area contributed by atoms with E-state index >= 15 is 0 Å². The highest BCUT2D eigenvalue weighted by Gasteiger charge is 2.48. The van der Waals surface area contributed by atoms with Crippen molar-refractivity contribution in [1.82, 2.24) is 20.5 Å². The number of carbonyl (C=O) groups excluding carboxylic acids is 3. The molecule has 0 aliphatic carbocycles. The predicted molar refractivity (Wildman–Crippen MR) is 73.8 cm³/mol. The van der Waals surface area contributed by atoms with Crippen molar-refractivity contribution < 1.29 is 14.4 Å². The Balaban J connectivity index is 1.72. The molecular formula is C13H13ClN4O3. The summed E-state index contributed by atoms with van der Waals surface area (Å²) >= 11 is 5.99. The molecule has 0 unspecified atom stereocenters. The van der Waals surface area contributed by atoms with E-state index in [2.05, 4.69) is 15.6 Å². The third kappa shape index (κ3) is 2.33. The molecule has 2 N–H and O–H groups in total. The van der Waals surface area contributed by atoms with Crippen molar-refractivity contribution >= 4 is 29.4 Å². The second-order valence-corrected chi connectivity index (χ2v) is 5.55. The molecule has 110 valence electrons. The van der Waals surface area contributed by atoms with Gasteiger partial charge in [0.05, 0.1) is 10.6 Å². The van der Waals surface area contributed by atoms with Gasteiger partial charge < -0.3 is 10.2 Å². The molecule has 2 aliphatic rings. The SMILES string of the molecule is O=C1NC(=O)C2(CCN(C(=O)c3cnccc3Cl)CC2)N1. The van der Waals surface area contributed by atoms with Gasteiger partial charge in [0.2, 0.25) is 0 Å². The van der Waals surface area contributed by atoms with Gasteiger partial charge in [0.1, 0.15) is 5.54 Å². The zero-order valence-electron chi connectivity index (χ0n) is 11.1. The van der Waals surface area contributed by atoms with Gasteiger partial charge >= 0.3 is 6.03 Å². The lowest BCUT2D eigenvalue weighted by Gasteiger charge is -2.37. The van der Waals surface area contributed by atoms with Crippen molar-refractivity contribution in [2.45, 2.75) is 18.4 Å². The highest BCUT2D eigenvalue weighted by Crippen LogP contribution is 2.27. The van der Waals surface area contributed by atoms with E-state index in [0.717, 1.165) is 0 Å². The Morgan fingerprint density at radius 1 is 1.33 bits per heavy atom. The molecule has 21 heavy (non-hydrogen) atoms. The molecule has 8 heteroatoms. The normalized spacial score (nSPS) is 20.3. The Kier molecular flexibility index (Phi) is 3.29. The molecule has 2 aliphatic heterocycles. The van der Waals surface area contributed by atoms with E-state index in [0.29, 0.717) is 36.5 Å². The first-order valence-electron chi connectivity index (χ1n) is 6.54. The molecule has 0 bridgehead atoms. The van der Waals surface area contributed by atoms with Crippen LogP contribution >= 0.6 is 11.6 Å². The fourth-order valence-electron chi connectivity index (χ4n) is 2.68. The number of amides is 4. The minimum Gasteiger partial charge on any atom is -0.338 e. The van der Waals surface area contributed by atoms with E-state index in [1.807, 2.05) is 0 Å². The smallest absolute Gasteiger partial charge is 0.322 e. The Morgan fingerprint density at radius 3 is 2.62 bits per heavy atom. The molecule has 1 aromatic heterocycles. The molecule has 0 aromatic carbocycles. The molecule has 4 amide bonds. The van der Waals surface area contributed by atoms with Crippen LogP contribution in [0, 0.1) is 0 Å². The maximum absolute atomic E-state index is 12.4. The lowest BCUT2D eigenvalue weighted by molar-refractivity contribution is -0.125. The van der Waals surface area contributed by atoms with Crippen LogP contribution in [0.5, 0.6) is 0 Å². The molecule has 0 radical (unpaired) electrons. The Hall–Kier alpha value is -2.15. The molecule has 2 saturated heterocycles. The van der Waals surface area contributed by atoms with Gasteiger partial charge in [-0.05, 0) is 18.9 Å². The minimum absolute atomic E-state index is 0.215. The molecule has 0 atom stereocenters. The molecule has 2 fully saturated rings. The van der Waals surface area contributed by atoms with Crippen molar-refractivity contribution in [2.75, 3.05) is 13.1 Å². The van der Waals surface area contributed by atoms with Crippen LogP contribution in [-0.4, -0.2) is 46.4 Å². The van der Waals surface area contributed by atoms with Crippen LogP contribution in [0.3, 0.4) is 0 Å². The third-order valence-electron chi connectivity index (χ3n) is 3.92. The van der Waals surface area contributed by atoms with Gasteiger partial charge in [-0.25, -0.2) is 4.79 Å². The molecule has 1 spiro atoms. The molecule has 3 heterocycles. The molecule has 1 aromatic rings. The quantitative estimate of drug-likeness (QED) is 0.741. The standard InChI is InChI=1S/C13H13ClN4O3/c14-9-1-4-15-7-8(9)10(19)18-5-2-13(3-6-18)11(20)16-12(21)17-13/h1,4,7H,2-3,5-6H2,(H2,16,17,20,21). The number of nitrogens with one attached hydrogen (secondary N) is 2. The summed E-state index contributed by atoms with van der Waals surface area (Å²) in [4.78, 5) is 41.0. The van der Waals surface area contributed by atoms with Crippen LogP contribution in [0.4, 0.5) is 4.79 Å². The summed E-state index contributed by atoms with van der Waals surface area (Å²) in [5, 5.41) is 5.24. The first-order chi connectivity index (χ1) is 10.0. The Labute approximate surface area is 125 Å². The number of piperidine rings is 1. The van der Waals surface area contributed by atoms with Gasteiger partial charge in [-0.2, -0.15) is 0 Å². The van der Waals surface area contributed by atoms with Crippen molar-refractivity contribution in [3.63, 3.8) is 0 Å². The number of pyridine rings is 1. The lowest BCUT2D eigenvalue weighted by atomic mass is 9.87. The number of hydrogen-bond donors (Lipinski definition) is 2. The maximum atomic E-state index is 12.4. The van der Waals surface area contributed by atoms with E-state index in [1.165, 1.54) is 12.4 Å². The number of rotatable bonds is 1. The zero-order chi connectivity index (χ0) is 15.0. The van der Waals surface area contributed by atoms with Crippen LogP contribution in [0.2, 0.25) is 5.02 Å². The minimum atomic E-state index is -0.882. The molecule has 7 nitrogen and oxygen atoms in total. The summed E-state index contributed by atoms with van der Waals surface area (Å²) in [6, 6.07) is 1.08. The second kappa shape index (κ2) is 5.00. The van der Waals surface area contributed by atoms with E-state index < -0.39 is 11.6 Å². The average molecular weight is 309 g/mol. The van der Waals surface area contributed by atoms with Crippen molar-refractivity contribution in [3.8, 4) is 0 Å². The summed E-state index contributed by atoms with van der Waals surface area (Å²) in [7, 11) is 0. The monoisotopic (exact) mass is 308 g/mol. The predicted octanol–water partition coefficient (Wildman–Crippen LogP) is 0.549.